The summed E-state index contributed by atoms with van der Waals surface area (Å²) in [5.74, 6) is 0.368. The molecule has 8 nitrogen and oxygen atoms in total. The number of ether oxygens (including phenoxy) is 1. The number of hydrogen-bond acceptors (Lipinski definition) is 7. The summed E-state index contributed by atoms with van der Waals surface area (Å²) in [6.45, 7) is 1.79. The standard InChI is InChI=1S/C21H23N3O5S/c1-13(11-25)23-21(27)29-12-14-4-6-16-17(10-22)20(30-18(16)9-14)24-19(26)7-5-15-3-2-8-28-15/h2-3,5,7-8,13-14,25H,4,6,9,11-12H2,1H3,(H,23,27)(H,24,26)/b7-5+. The van der Waals surface area contributed by atoms with Crippen LogP contribution in [0.4, 0.5) is 9.80 Å². The topological polar surface area (TPSA) is 125 Å². The van der Waals surface area contributed by atoms with Gasteiger partial charge in [0, 0.05) is 11.0 Å². The quantitative estimate of drug-likeness (QED) is 0.581. The molecule has 2 heterocycles. The number of nitrogens with zero attached hydrogens (tertiary/aromatic N) is 1. The summed E-state index contributed by atoms with van der Waals surface area (Å²) in [5.41, 5.74) is 1.46. The lowest BCUT2D eigenvalue weighted by Gasteiger charge is -2.22. The first-order valence-electron chi connectivity index (χ1n) is 9.61. The van der Waals surface area contributed by atoms with Gasteiger partial charge in [-0.1, -0.05) is 0 Å². The molecular weight excluding hydrogens is 406 g/mol. The fraction of sp³-hybridized carbons (Fsp3) is 0.381. The molecule has 2 amide bonds. The predicted octanol–water partition coefficient (Wildman–Crippen LogP) is 3.08. The minimum Gasteiger partial charge on any atom is -0.465 e. The third-order valence-electron chi connectivity index (χ3n) is 4.75. The molecule has 2 atom stereocenters. The molecule has 2 aromatic heterocycles. The second-order valence-electron chi connectivity index (χ2n) is 7.09. The highest BCUT2D eigenvalue weighted by molar-refractivity contribution is 7.16. The van der Waals surface area contributed by atoms with Crippen LogP contribution in [-0.2, 0) is 22.4 Å². The highest BCUT2D eigenvalue weighted by Gasteiger charge is 2.27. The van der Waals surface area contributed by atoms with Gasteiger partial charge >= 0.3 is 6.09 Å². The Morgan fingerprint density at radius 1 is 1.53 bits per heavy atom. The van der Waals surface area contributed by atoms with Crippen LogP contribution in [0.25, 0.3) is 6.08 Å². The largest absolute Gasteiger partial charge is 0.465 e. The third kappa shape index (κ3) is 5.49. The Labute approximate surface area is 178 Å². The van der Waals surface area contributed by atoms with E-state index >= 15 is 0 Å². The van der Waals surface area contributed by atoms with Crippen LogP contribution in [0.2, 0.25) is 0 Å². The first-order valence-corrected chi connectivity index (χ1v) is 10.4. The number of rotatable bonds is 7. The minimum absolute atomic E-state index is 0.139. The minimum atomic E-state index is -0.553. The van der Waals surface area contributed by atoms with Gasteiger partial charge < -0.3 is 24.9 Å². The van der Waals surface area contributed by atoms with E-state index in [1.54, 1.807) is 25.1 Å². The summed E-state index contributed by atoms with van der Waals surface area (Å²) < 4.78 is 10.4. The van der Waals surface area contributed by atoms with Crippen LogP contribution in [0, 0.1) is 17.2 Å². The zero-order valence-corrected chi connectivity index (χ0v) is 17.3. The zero-order chi connectivity index (χ0) is 21.5. The van der Waals surface area contributed by atoms with E-state index in [0.717, 1.165) is 16.9 Å². The number of amides is 2. The van der Waals surface area contributed by atoms with Crippen LogP contribution in [0.3, 0.4) is 0 Å². The van der Waals surface area contributed by atoms with Crippen molar-refractivity contribution in [2.45, 2.75) is 32.2 Å². The number of nitriles is 1. The molecule has 3 rings (SSSR count). The maximum absolute atomic E-state index is 12.2. The van der Waals surface area contributed by atoms with Gasteiger partial charge in [-0.25, -0.2) is 4.79 Å². The molecule has 0 radical (unpaired) electrons. The van der Waals surface area contributed by atoms with Gasteiger partial charge in [-0.15, -0.1) is 11.3 Å². The first-order chi connectivity index (χ1) is 14.5. The number of anilines is 1. The van der Waals surface area contributed by atoms with E-state index < -0.39 is 6.09 Å². The normalized spacial score (nSPS) is 16.5. The summed E-state index contributed by atoms with van der Waals surface area (Å²) >= 11 is 1.39. The zero-order valence-electron chi connectivity index (χ0n) is 16.5. The van der Waals surface area contributed by atoms with Crippen molar-refractivity contribution in [3.05, 3.63) is 46.2 Å². The summed E-state index contributed by atoms with van der Waals surface area (Å²) in [7, 11) is 0. The molecule has 1 aliphatic rings. The van der Waals surface area contributed by atoms with Crippen LogP contribution < -0.4 is 10.6 Å². The lowest BCUT2D eigenvalue weighted by atomic mass is 9.88. The lowest BCUT2D eigenvalue weighted by Crippen LogP contribution is -2.36. The maximum atomic E-state index is 12.2. The fourth-order valence-corrected chi connectivity index (χ4v) is 4.50. The first kappa shape index (κ1) is 21.6. The number of aliphatic hydroxyl groups is 1. The Bertz CT molecular complexity index is 958. The average molecular weight is 429 g/mol. The second-order valence-corrected chi connectivity index (χ2v) is 8.20. The molecule has 0 saturated carbocycles. The lowest BCUT2D eigenvalue weighted by molar-refractivity contribution is -0.111. The van der Waals surface area contributed by atoms with E-state index in [9.17, 15) is 14.9 Å². The van der Waals surface area contributed by atoms with Crippen molar-refractivity contribution >= 4 is 34.4 Å². The van der Waals surface area contributed by atoms with E-state index in [4.69, 9.17) is 14.3 Å². The van der Waals surface area contributed by atoms with E-state index in [-0.39, 0.29) is 31.1 Å². The number of alkyl carbamates (subject to hydrolysis) is 1. The molecular formula is C21H23N3O5S. The van der Waals surface area contributed by atoms with Gasteiger partial charge in [0.25, 0.3) is 0 Å². The number of thiophene rings is 1. The Kier molecular flexibility index (Phi) is 7.27. The Hall–Kier alpha value is -3.09. The molecule has 0 aliphatic heterocycles. The Morgan fingerprint density at radius 2 is 2.37 bits per heavy atom. The smallest absolute Gasteiger partial charge is 0.407 e. The third-order valence-corrected chi connectivity index (χ3v) is 5.92. The summed E-state index contributed by atoms with van der Waals surface area (Å²) in [6, 6.07) is 5.31. The Morgan fingerprint density at radius 3 is 3.07 bits per heavy atom. The van der Waals surface area contributed by atoms with Crippen molar-refractivity contribution in [2.24, 2.45) is 5.92 Å². The van der Waals surface area contributed by atoms with Crippen LogP contribution in [0.15, 0.2) is 28.9 Å². The van der Waals surface area contributed by atoms with Gasteiger partial charge in [0.2, 0.25) is 5.91 Å². The van der Waals surface area contributed by atoms with Crippen molar-refractivity contribution in [1.82, 2.24) is 5.32 Å². The molecule has 0 spiro atoms. The molecule has 1 aliphatic carbocycles. The van der Waals surface area contributed by atoms with Gasteiger partial charge in [-0.3, -0.25) is 4.79 Å². The number of fused-ring (bicyclic) bond motifs is 1. The highest BCUT2D eigenvalue weighted by atomic mass is 32.1. The van der Waals surface area contributed by atoms with Crippen molar-refractivity contribution in [1.29, 1.82) is 5.26 Å². The molecule has 0 aromatic carbocycles. The van der Waals surface area contributed by atoms with Crippen LogP contribution in [-0.4, -0.2) is 36.4 Å². The van der Waals surface area contributed by atoms with Gasteiger partial charge in [0.15, 0.2) is 0 Å². The molecule has 0 saturated heterocycles. The molecule has 0 bridgehead atoms. The van der Waals surface area contributed by atoms with E-state index in [0.29, 0.717) is 29.2 Å². The molecule has 2 unspecified atom stereocenters. The molecule has 3 N–H and O–H groups in total. The predicted molar refractivity (Wildman–Crippen MR) is 112 cm³/mol. The van der Waals surface area contributed by atoms with Gasteiger partial charge in [0.05, 0.1) is 31.1 Å². The highest BCUT2D eigenvalue weighted by Crippen LogP contribution is 2.39. The molecule has 9 heteroatoms. The van der Waals surface area contributed by atoms with Gasteiger partial charge in [0.1, 0.15) is 16.8 Å². The Balaban J connectivity index is 1.60. The van der Waals surface area contributed by atoms with Crippen LogP contribution in [0.5, 0.6) is 0 Å². The van der Waals surface area contributed by atoms with Gasteiger partial charge in [-0.2, -0.15) is 5.26 Å². The fourth-order valence-electron chi connectivity index (χ4n) is 3.18. The molecule has 30 heavy (non-hydrogen) atoms. The number of carbonyl (C=O) groups is 2. The number of aliphatic hydroxyl groups excluding tert-OH is 1. The summed E-state index contributed by atoms with van der Waals surface area (Å²) in [4.78, 5) is 25.0. The van der Waals surface area contributed by atoms with Gasteiger partial charge in [-0.05, 0) is 55.9 Å². The number of hydrogen-bond donors (Lipinski definition) is 3. The number of furan rings is 1. The second kappa shape index (κ2) is 10.1. The van der Waals surface area contributed by atoms with Crippen molar-refractivity contribution < 1.29 is 23.8 Å². The van der Waals surface area contributed by atoms with Crippen LogP contribution in [0.1, 0.15) is 35.1 Å². The summed E-state index contributed by atoms with van der Waals surface area (Å²) in [6.07, 6.45) is 6.04. The van der Waals surface area contributed by atoms with Crippen molar-refractivity contribution in [3.63, 3.8) is 0 Å². The van der Waals surface area contributed by atoms with Crippen molar-refractivity contribution in [2.75, 3.05) is 18.5 Å². The molecule has 2 aromatic rings. The van der Waals surface area contributed by atoms with E-state index in [1.165, 1.54) is 23.7 Å². The molecule has 0 fully saturated rings. The van der Waals surface area contributed by atoms with Crippen LogP contribution >= 0.6 is 11.3 Å². The average Bonchev–Trinajstić information content (AvgIpc) is 3.37. The van der Waals surface area contributed by atoms with Crippen molar-refractivity contribution in [3.8, 4) is 6.07 Å². The SMILES string of the molecule is CC(CO)NC(=O)OCC1CCc2c(sc(NC(=O)/C=C/c3ccco3)c2C#N)C1. The monoisotopic (exact) mass is 429 g/mol. The maximum Gasteiger partial charge on any atom is 0.407 e. The van der Waals surface area contributed by atoms with E-state index in [2.05, 4.69) is 16.7 Å². The number of nitrogens with one attached hydrogen (secondary N) is 2. The van der Waals surface area contributed by atoms with E-state index in [1.807, 2.05) is 0 Å². The molecule has 158 valence electrons. The number of carbonyl (C=O) groups excluding carboxylic acids is 2. The summed E-state index contributed by atoms with van der Waals surface area (Å²) in [5, 5.41) is 24.4.